The highest BCUT2D eigenvalue weighted by Crippen LogP contribution is 2.26. The number of hydrogen-bond donors (Lipinski definition) is 1. The molecule has 1 heterocycles. The van der Waals surface area contributed by atoms with Gasteiger partial charge in [-0.15, -0.1) is 12.4 Å². The summed E-state index contributed by atoms with van der Waals surface area (Å²) in [7, 11) is 3.37. The highest BCUT2D eigenvalue weighted by molar-refractivity contribution is 5.85. The van der Waals surface area contributed by atoms with Crippen molar-refractivity contribution in [3.8, 4) is 11.5 Å². The number of methoxy groups -OCH3 is 2. The SMILES string of the molecule is COc1ccc(OC)c(CN2CC[C@H](N)C2)c1.Cl. The fourth-order valence-electron chi connectivity index (χ4n) is 2.25. The van der Waals surface area contributed by atoms with E-state index in [4.69, 9.17) is 15.2 Å². The molecular weight excluding hydrogens is 252 g/mol. The fraction of sp³-hybridized carbons (Fsp3) is 0.538. The third-order valence-corrected chi connectivity index (χ3v) is 3.19. The van der Waals surface area contributed by atoms with Gasteiger partial charge in [0.15, 0.2) is 0 Å². The predicted octanol–water partition coefficient (Wildman–Crippen LogP) is 1.66. The van der Waals surface area contributed by atoms with Crippen LogP contribution in [-0.2, 0) is 6.54 Å². The third kappa shape index (κ3) is 3.51. The molecular formula is C13H21ClN2O2. The molecule has 0 aliphatic carbocycles. The van der Waals surface area contributed by atoms with E-state index >= 15 is 0 Å². The van der Waals surface area contributed by atoms with Crippen LogP contribution in [0.25, 0.3) is 0 Å². The van der Waals surface area contributed by atoms with E-state index in [1.165, 1.54) is 0 Å². The van der Waals surface area contributed by atoms with E-state index in [2.05, 4.69) is 4.90 Å². The Labute approximate surface area is 114 Å². The molecule has 0 bridgehead atoms. The number of ether oxygens (including phenoxy) is 2. The molecule has 1 fully saturated rings. The van der Waals surface area contributed by atoms with Gasteiger partial charge in [-0.25, -0.2) is 0 Å². The summed E-state index contributed by atoms with van der Waals surface area (Å²) in [6.45, 7) is 2.88. The lowest BCUT2D eigenvalue weighted by molar-refractivity contribution is 0.315. The average Bonchev–Trinajstić information content (AvgIpc) is 2.74. The molecule has 1 saturated heterocycles. The summed E-state index contributed by atoms with van der Waals surface area (Å²) < 4.78 is 10.6. The Morgan fingerprint density at radius 2 is 2.11 bits per heavy atom. The van der Waals surface area contributed by atoms with Crippen molar-refractivity contribution in [1.29, 1.82) is 0 Å². The Hall–Kier alpha value is -0.970. The van der Waals surface area contributed by atoms with Crippen molar-refractivity contribution in [3.05, 3.63) is 23.8 Å². The van der Waals surface area contributed by atoms with Crippen molar-refractivity contribution in [2.24, 2.45) is 5.73 Å². The van der Waals surface area contributed by atoms with Gasteiger partial charge in [-0.2, -0.15) is 0 Å². The number of nitrogens with two attached hydrogens (primary N) is 1. The Kier molecular flexibility index (Phi) is 5.72. The summed E-state index contributed by atoms with van der Waals surface area (Å²) in [6.07, 6.45) is 1.08. The van der Waals surface area contributed by atoms with E-state index in [0.29, 0.717) is 6.04 Å². The fourth-order valence-corrected chi connectivity index (χ4v) is 2.25. The van der Waals surface area contributed by atoms with Gasteiger partial charge in [0.25, 0.3) is 0 Å². The second-order valence-corrected chi connectivity index (χ2v) is 4.46. The molecule has 0 radical (unpaired) electrons. The molecule has 2 rings (SSSR count). The normalized spacial score (nSPS) is 19.4. The maximum Gasteiger partial charge on any atom is 0.123 e. The molecule has 5 heteroatoms. The lowest BCUT2D eigenvalue weighted by Gasteiger charge is -2.17. The first-order chi connectivity index (χ1) is 8.22. The molecule has 1 aliphatic rings. The van der Waals surface area contributed by atoms with Gasteiger partial charge in [-0.05, 0) is 24.6 Å². The van der Waals surface area contributed by atoms with E-state index in [1.54, 1.807) is 14.2 Å². The summed E-state index contributed by atoms with van der Waals surface area (Å²) in [5, 5.41) is 0. The van der Waals surface area contributed by atoms with Crippen LogP contribution >= 0.6 is 12.4 Å². The van der Waals surface area contributed by atoms with Crippen LogP contribution in [0.2, 0.25) is 0 Å². The van der Waals surface area contributed by atoms with Gasteiger partial charge in [0.1, 0.15) is 11.5 Å². The van der Waals surface area contributed by atoms with Crippen LogP contribution in [0.3, 0.4) is 0 Å². The Morgan fingerprint density at radius 3 is 2.67 bits per heavy atom. The van der Waals surface area contributed by atoms with E-state index in [0.717, 1.165) is 43.1 Å². The van der Waals surface area contributed by atoms with E-state index < -0.39 is 0 Å². The zero-order chi connectivity index (χ0) is 12.3. The van der Waals surface area contributed by atoms with Gasteiger partial charge in [0.05, 0.1) is 14.2 Å². The van der Waals surface area contributed by atoms with Gasteiger partial charge in [0.2, 0.25) is 0 Å². The van der Waals surface area contributed by atoms with E-state index in [-0.39, 0.29) is 12.4 Å². The topological polar surface area (TPSA) is 47.7 Å². The van der Waals surface area contributed by atoms with Crippen LogP contribution in [0.5, 0.6) is 11.5 Å². The van der Waals surface area contributed by atoms with E-state index in [1.807, 2.05) is 18.2 Å². The molecule has 1 atom stereocenters. The van der Waals surface area contributed by atoms with Crippen molar-refractivity contribution in [2.75, 3.05) is 27.3 Å². The second kappa shape index (κ2) is 6.83. The molecule has 0 unspecified atom stereocenters. The molecule has 0 amide bonds. The standard InChI is InChI=1S/C13H20N2O2.ClH/c1-16-12-3-4-13(17-2)10(7-12)8-15-6-5-11(14)9-15;/h3-4,7,11H,5-6,8-9,14H2,1-2H3;1H/t11-;/m0./s1. The van der Waals surface area contributed by atoms with Gasteiger partial charge >= 0.3 is 0 Å². The van der Waals surface area contributed by atoms with Crippen LogP contribution in [0, 0.1) is 0 Å². The maximum atomic E-state index is 5.91. The summed E-state index contributed by atoms with van der Waals surface area (Å²) in [4.78, 5) is 2.35. The summed E-state index contributed by atoms with van der Waals surface area (Å²) in [6, 6.07) is 6.21. The summed E-state index contributed by atoms with van der Waals surface area (Å²) in [5.74, 6) is 1.77. The Balaban J connectivity index is 0.00000162. The van der Waals surface area contributed by atoms with Gasteiger partial charge in [0, 0.05) is 31.2 Å². The van der Waals surface area contributed by atoms with Crippen molar-refractivity contribution in [2.45, 2.75) is 19.0 Å². The summed E-state index contributed by atoms with van der Waals surface area (Å²) >= 11 is 0. The van der Waals surface area contributed by atoms with Gasteiger partial charge in [-0.3, -0.25) is 4.90 Å². The van der Waals surface area contributed by atoms with Crippen molar-refractivity contribution >= 4 is 12.4 Å². The highest BCUT2D eigenvalue weighted by atomic mass is 35.5. The maximum absolute atomic E-state index is 5.91. The summed E-state index contributed by atoms with van der Waals surface area (Å²) in [5.41, 5.74) is 7.06. The molecule has 0 aromatic heterocycles. The van der Waals surface area contributed by atoms with Crippen molar-refractivity contribution in [1.82, 2.24) is 4.90 Å². The third-order valence-electron chi connectivity index (χ3n) is 3.19. The van der Waals surface area contributed by atoms with Crippen LogP contribution < -0.4 is 15.2 Å². The Morgan fingerprint density at radius 1 is 1.33 bits per heavy atom. The monoisotopic (exact) mass is 272 g/mol. The minimum Gasteiger partial charge on any atom is -0.497 e. The smallest absolute Gasteiger partial charge is 0.123 e. The number of rotatable bonds is 4. The highest BCUT2D eigenvalue weighted by Gasteiger charge is 2.20. The molecule has 1 aliphatic heterocycles. The molecule has 102 valence electrons. The van der Waals surface area contributed by atoms with Crippen LogP contribution in [0.15, 0.2) is 18.2 Å². The molecule has 0 saturated carbocycles. The minimum atomic E-state index is 0. The molecule has 4 nitrogen and oxygen atoms in total. The predicted molar refractivity (Wildman–Crippen MR) is 74.7 cm³/mol. The largest absolute Gasteiger partial charge is 0.497 e. The molecule has 2 N–H and O–H groups in total. The number of benzene rings is 1. The molecule has 0 spiro atoms. The Bertz CT molecular complexity index is 387. The zero-order valence-electron chi connectivity index (χ0n) is 10.9. The minimum absolute atomic E-state index is 0. The number of likely N-dealkylation sites (tertiary alicyclic amines) is 1. The van der Waals surface area contributed by atoms with Crippen molar-refractivity contribution in [3.63, 3.8) is 0 Å². The lowest BCUT2D eigenvalue weighted by atomic mass is 10.1. The van der Waals surface area contributed by atoms with Crippen LogP contribution in [-0.4, -0.2) is 38.3 Å². The van der Waals surface area contributed by atoms with Gasteiger partial charge < -0.3 is 15.2 Å². The number of nitrogens with zero attached hydrogens (tertiary/aromatic N) is 1. The second-order valence-electron chi connectivity index (χ2n) is 4.46. The van der Waals surface area contributed by atoms with Gasteiger partial charge in [-0.1, -0.05) is 0 Å². The first kappa shape index (κ1) is 15.1. The van der Waals surface area contributed by atoms with Crippen LogP contribution in [0.4, 0.5) is 0 Å². The average molecular weight is 273 g/mol. The number of hydrogen-bond acceptors (Lipinski definition) is 4. The number of halogens is 1. The molecule has 1 aromatic rings. The van der Waals surface area contributed by atoms with E-state index in [9.17, 15) is 0 Å². The first-order valence-corrected chi connectivity index (χ1v) is 5.91. The van der Waals surface area contributed by atoms with Crippen molar-refractivity contribution < 1.29 is 9.47 Å². The lowest BCUT2D eigenvalue weighted by Crippen LogP contribution is -2.26. The quantitative estimate of drug-likeness (QED) is 0.906. The van der Waals surface area contributed by atoms with Crippen LogP contribution in [0.1, 0.15) is 12.0 Å². The molecule has 18 heavy (non-hydrogen) atoms. The first-order valence-electron chi connectivity index (χ1n) is 5.91. The zero-order valence-corrected chi connectivity index (χ0v) is 11.7. The molecule has 1 aromatic carbocycles.